The Morgan fingerprint density at radius 3 is 2.47 bits per heavy atom. The maximum Gasteiger partial charge on any atom is 0.209 e. The van der Waals surface area contributed by atoms with Crippen LogP contribution in [0.2, 0.25) is 0 Å². The largest absolute Gasteiger partial charge is 0.504 e. The molecule has 8 nitrogen and oxygen atoms in total. The highest BCUT2D eigenvalue weighted by Crippen LogP contribution is 2.50. The van der Waals surface area contributed by atoms with Crippen molar-refractivity contribution in [3.05, 3.63) is 64.3 Å². The Labute approximate surface area is 182 Å². The van der Waals surface area contributed by atoms with Crippen LogP contribution in [0.15, 0.2) is 57.7 Å². The minimum Gasteiger partial charge on any atom is -0.504 e. The summed E-state index contributed by atoms with van der Waals surface area (Å²) < 4.78 is 29.1. The van der Waals surface area contributed by atoms with Crippen LogP contribution in [-0.2, 0) is 0 Å². The van der Waals surface area contributed by atoms with Gasteiger partial charge in [-0.05, 0) is 30.3 Å². The predicted octanol–water partition coefficient (Wildman–Crippen LogP) is 3.54. The number of hydrogen-bond donors (Lipinski definition) is 2. The second-order valence-corrected chi connectivity index (χ2v) is 7.35. The van der Waals surface area contributed by atoms with Crippen molar-refractivity contribution in [3.63, 3.8) is 0 Å². The van der Waals surface area contributed by atoms with Crippen LogP contribution in [0.1, 0.15) is 11.7 Å². The van der Waals surface area contributed by atoms with Gasteiger partial charge >= 0.3 is 0 Å². The molecule has 2 N–H and O–H groups in total. The molecule has 2 heterocycles. The van der Waals surface area contributed by atoms with Gasteiger partial charge in [-0.25, -0.2) is 0 Å². The summed E-state index contributed by atoms with van der Waals surface area (Å²) in [6.07, 6.45) is -1.55. The number of phenolic OH excluding ortho intramolecular Hbond substituents is 1. The Balaban J connectivity index is 1.72. The summed E-state index contributed by atoms with van der Waals surface area (Å²) in [6, 6.07) is 13.2. The molecule has 1 aromatic heterocycles. The third-order valence-corrected chi connectivity index (χ3v) is 5.53. The number of aromatic hydroxyl groups is 1. The van der Waals surface area contributed by atoms with Crippen molar-refractivity contribution in [1.82, 2.24) is 0 Å². The average molecular weight is 436 g/mol. The van der Waals surface area contributed by atoms with E-state index in [1.54, 1.807) is 42.5 Å². The van der Waals surface area contributed by atoms with Gasteiger partial charge in [-0.2, -0.15) is 0 Å². The monoisotopic (exact) mass is 436 g/mol. The molecule has 8 heteroatoms. The molecule has 0 fully saturated rings. The predicted molar refractivity (Wildman–Crippen MR) is 116 cm³/mol. The molecule has 0 amide bonds. The van der Waals surface area contributed by atoms with E-state index >= 15 is 0 Å². The van der Waals surface area contributed by atoms with Gasteiger partial charge in [0.1, 0.15) is 5.58 Å². The molecule has 32 heavy (non-hydrogen) atoms. The lowest BCUT2D eigenvalue weighted by Crippen LogP contribution is -2.36. The first kappa shape index (κ1) is 20.0. The highest BCUT2D eigenvalue weighted by Gasteiger charge is 2.37. The quantitative estimate of drug-likeness (QED) is 0.468. The summed E-state index contributed by atoms with van der Waals surface area (Å²) in [6.45, 7) is -0.371. The molecule has 3 aromatic carbocycles. The summed E-state index contributed by atoms with van der Waals surface area (Å²) in [4.78, 5) is 13.1. The van der Waals surface area contributed by atoms with E-state index in [0.717, 1.165) is 0 Å². The first-order valence-corrected chi connectivity index (χ1v) is 9.93. The normalized spacial score (nSPS) is 17.5. The van der Waals surface area contributed by atoms with Crippen LogP contribution in [-0.4, -0.2) is 37.1 Å². The summed E-state index contributed by atoms with van der Waals surface area (Å²) in [7, 11) is 2.90. The fourth-order valence-electron chi connectivity index (χ4n) is 3.94. The lowest BCUT2D eigenvalue weighted by molar-refractivity contribution is -0.0134. The summed E-state index contributed by atoms with van der Waals surface area (Å²) >= 11 is 0. The number of phenols is 1. The second kappa shape index (κ2) is 7.65. The number of rotatable bonds is 4. The number of benzene rings is 3. The highest BCUT2D eigenvalue weighted by atomic mass is 16.6. The van der Waals surface area contributed by atoms with E-state index < -0.39 is 12.2 Å². The smallest absolute Gasteiger partial charge is 0.209 e. The van der Waals surface area contributed by atoms with Crippen molar-refractivity contribution in [2.45, 2.75) is 12.2 Å². The Hall–Kier alpha value is -3.91. The first-order valence-electron chi connectivity index (χ1n) is 9.93. The maximum atomic E-state index is 13.1. The van der Waals surface area contributed by atoms with Crippen LogP contribution in [0.5, 0.6) is 28.7 Å². The molecule has 2 atom stereocenters. The maximum absolute atomic E-state index is 13.1. The molecule has 4 aromatic rings. The fraction of sp³-hybridized carbons (Fsp3) is 0.208. The van der Waals surface area contributed by atoms with Crippen LogP contribution >= 0.6 is 0 Å². The lowest BCUT2D eigenvalue weighted by atomic mass is 10.0. The lowest BCUT2D eigenvalue weighted by Gasteiger charge is -2.34. The van der Waals surface area contributed by atoms with E-state index in [1.807, 2.05) is 0 Å². The molecule has 1 aliphatic rings. The molecule has 0 saturated carbocycles. The van der Waals surface area contributed by atoms with E-state index in [2.05, 4.69) is 0 Å². The number of methoxy groups -OCH3 is 2. The Morgan fingerprint density at radius 2 is 1.72 bits per heavy atom. The Bertz CT molecular complexity index is 1390. The fourth-order valence-corrected chi connectivity index (χ4v) is 3.94. The van der Waals surface area contributed by atoms with Crippen LogP contribution < -0.4 is 24.4 Å². The molecule has 0 bridgehead atoms. The van der Waals surface area contributed by atoms with Crippen molar-refractivity contribution < 1.29 is 33.6 Å². The van der Waals surface area contributed by atoms with Gasteiger partial charge in [-0.3, -0.25) is 4.79 Å². The van der Waals surface area contributed by atoms with Crippen molar-refractivity contribution in [2.24, 2.45) is 0 Å². The molecule has 0 aliphatic carbocycles. The van der Waals surface area contributed by atoms with E-state index in [-0.39, 0.29) is 46.0 Å². The highest BCUT2D eigenvalue weighted by molar-refractivity contribution is 5.95. The minimum absolute atomic E-state index is 0.0221. The van der Waals surface area contributed by atoms with Gasteiger partial charge in [0.2, 0.25) is 16.9 Å². The minimum atomic E-state index is -0.816. The van der Waals surface area contributed by atoms with Crippen LogP contribution in [0, 0.1) is 0 Å². The number of aliphatic hydroxyl groups is 1. The molecule has 0 unspecified atom stereocenters. The number of fused-ring (bicyclic) bond motifs is 4. The van der Waals surface area contributed by atoms with Crippen LogP contribution in [0.25, 0.3) is 21.9 Å². The van der Waals surface area contributed by atoms with E-state index in [1.165, 1.54) is 20.3 Å². The van der Waals surface area contributed by atoms with Crippen LogP contribution in [0.4, 0.5) is 0 Å². The zero-order chi connectivity index (χ0) is 22.4. The van der Waals surface area contributed by atoms with E-state index in [9.17, 15) is 15.0 Å². The second-order valence-electron chi connectivity index (χ2n) is 7.35. The summed E-state index contributed by atoms with van der Waals surface area (Å²) in [5, 5.41) is 20.7. The zero-order valence-corrected chi connectivity index (χ0v) is 17.3. The van der Waals surface area contributed by atoms with Gasteiger partial charge in [0.25, 0.3) is 0 Å². The van der Waals surface area contributed by atoms with Crippen molar-refractivity contribution in [1.29, 1.82) is 0 Å². The van der Waals surface area contributed by atoms with Gasteiger partial charge in [-0.15, -0.1) is 0 Å². The van der Waals surface area contributed by atoms with Crippen LogP contribution in [0.3, 0.4) is 0 Å². The number of hydrogen-bond acceptors (Lipinski definition) is 8. The Kier molecular flexibility index (Phi) is 4.79. The first-order chi connectivity index (χ1) is 15.5. The third-order valence-electron chi connectivity index (χ3n) is 5.53. The topological polar surface area (TPSA) is 108 Å². The summed E-state index contributed by atoms with van der Waals surface area (Å²) in [5.74, 6) is 0.966. The zero-order valence-electron chi connectivity index (χ0n) is 17.3. The number of para-hydroxylation sites is 1. The van der Waals surface area contributed by atoms with Gasteiger partial charge in [0.05, 0.1) is 31.6 Å². The molecule has 0 saturated heterocycles. The standard InChI is InChI=1S/C24H20O8/c1-28-17-9-12(7-8-15(17)26)21-19(11-25)31-24-22-14(10-18(29-2)23(24)32-21)20(27)13-5-3-4-6-16(13)30-22/h3-10,19,21,25-26H,11H2,1-2H3/t19-,21-/m1/s1. The molecule has 0 spiro atoms. The van der Waals surface area contributed by atoms with E-state index in [4.69, 9.17) is 23.4 Å². The van der Waals surface area contributed by atoms with Gasteiger partial charge < -0.3 is 33.6 Å². The van der Waals surface area contributed by atoms with Gasteiger partial charge in [0, 0.05) is 5.56 Å². The van der Waals surface area contributed by atoms with Crippen molar-refractivity contribution >= 4 is 21.9 Å². The third kappa shape index (κ3) is 2.99. The number of ether oxygens (including phenoxy) is 4. The van der Waals surface area contributed by atoms with Gasteiger partial charge in [-0.1, -0.05) is 18.2 Å². The molecule has 5 rings (SSSR count). The molecule has 0 radical (unpaired) electrons. The van der Waals surface area contributed by atoms with Crippen molar-refractivity contribution in [3.8, 4) is 28.7 Å². The molecular formula is C24H20O8. The average Bonchev–Trinajstić information content (AvgIpc) is 2.83. The van der Waals surface area contributed by atoms with Crippen molar-refractivity contribution in [2.75, 3.05) is 20.8 Å². The SMILES string of the molecule is COc1cc([C@H]2Oc3c(OC)cc4c(=O)c5ccccc5oc4c3O[C@@H]2CO)ccc1O. The van der Waals surface area contributed by atoms with E-state index in [0.29, 0.717) is 22.3 Å². The summed E-state index contributed by atoms with van der Waals surface area (Å²) in [5.41, 5.74) is 1.01. The number of aliphatic hydroxyl groups excluding tert-OH is 1. The molecule has 164 valence electrons. The molecule has 1 aliphatic heterocycles. The van der Waals surface area contributed by atoms with Gasteiger partial charge in [0.15, 0.2) is 35.0 Å². The Morgan fingerprint density at radius 1 is 0.938 bits per heavy atom. The molecular weight excluding hydrogens is 416 g/mol.